The van der Waals surface area contributed by atoms with Crippen molar-refractivity contribution in [3.05, 3.63) is 63.7 Å². The predicted molar refractivity (Wildman–Crippen MR) is 77.0 cm³/mol. The molecule has 4 nitrogen and oxygen atoms in total. The van der Waals surface area contributed by atoms with Crippen molar-refractivity contribution in [2.75, 3.05) is 0 Å². The third kappa shape index (κ3) is 3.12. The van der Waals surface area contributed by atoms with Crippen molar-refractivity contribution in [2.24, 2.45) is 0 Å². The van der Waals surface area contributed by atoms with E-state index in [-0.39, 0.29) is 11.4 Å². The number of halogens is 1. The maximum absolute atomic E-state index is 11.1. The summed E-state index contributed by atoms with van der Waals surface area (Å²) in [5, 5.41) is 11.6. The summed E-state index contributed by atoms with van der Waals surface area (Å²) in [6.45, 7) is 1.90. The quantitative estimate of drug-likeness (QED) is 0.470. The summed E-state index contributed by atoms with van der Waals surface area (Å²) in [7, 11) is 0. The molecule has 5 heteroatoms. The van der Waals surface area contributed by atoms with Crippen molar-refractivity contribution >= 4 is 21.6 Å². The third-order valence-corrected chi connectivity index (χ3v) is 3.34. The van der Waals surface area contributed by atoms with Gasteiger partial charge in [-0.05, 0) is 30.2 Å². The van der Waals surface area contributed by atoms with Crippen LogP contribution in [0.15, 0.2) is 42.5 Å². The molecule has 0 unspecified atom stereocenters. The average molecular weight is 322 g/mol. The lowest BCUT2D eigenvalue weighted by Gasteiger charge is -2.09. The van der Waals surface area contributed by atoms with E-state index in [9.17, 15) is 10.1 Å². The van der Waals surface area contributed by atoms with Crippen molar-refractivity contribution in [3.63, 3.8) is 0 Å². The number of benzene rings is 2. The maximum Gasteiger partial charge on any atom is 0.311 e. The largest absolute Gasteiger partial charge is 0.450 e. The van der Waals surface area contributed by atoms with Gasteiger partial charge in [0.15, 0.2) is 0 Å². The van der Waals surface area contributed by atoms with E-state index in [0.717, 1.165) is 11.1 Å². The second-order valence-corrected chi connectivity index (χ2v) is 4.62. The fourth-order valence-electron chi connectivity index (χ4n) is 1.66. The topological polar surface area (TPSA) is 52.4 Å². The van der Waals surface area contributed by atoms with Gasteiger partial charge in [0.2, 0.25) is 5.75 Å². The first-order chi connectivity index (χ1) is 9.11. The second kappa shape index (κ2) is 5.84. The van der Waals surface area contributed by atoms with Gasteiger partial charge in [-0.25, -0.2) is 0 Å². The number of rotatable bonds is 4. The summed E-state index contributed by atoms with van der Waals surface area (Å²) in [4.78, 5) is 10.6. The standard InChI is InChI=1S/C14H12BrNO3/c1-10-4-2-3-5-13(10)19-14-7-6-11(9-15)8-12(14)16(17)18/h2-8H,9H2,1H3. The Bertz CT molecular complexity index is 613. The highest BCUT2D eigenvalue weighted by Crippen LogP contribution is 2.33. The number of aryl methyl sites for hydroxylation is 1. The molecule has 0 heterocycles. The van der Waals surface area contributed by atoms with Crippen molar-refractivity contribution in [1.82, 2.24) is 0 Å². The summed E-state index contributed by atoms with van der Waals surface area (Å²) < 4.78 is 5.64. The molecular formula is C14H12BrNO3. The Kier molecular flexibility index (Phi) is 4.16. The van der Waals surface area contributed by atoms with Crippen LogP contribution in [0.5, 0.6) is 11.5 Å². The normalized spacial score (nSPS) is 10.2. The molecule has 0 saturated carbocycles. The van der Waals surface area contributed by atoms with Crippen LogP contribution in [0.1, 0.15) is 11.1 Å². The summed E-state index contributed by atoms with van der Waals surface area (Å²) >= 11 is 3.28. The van der Waals surface area contributed by atoms with Gasteiger partial charge in [0.05, 0.1) is 4.92 Å². The predicted octanol–water partition coefficient (Wildman–Crippen LogP) is 4.59. The van der Waals surface area contributed by atoms with E-state index in [1.54, 1.807) is 18.2 Å². The highest BCUT2D eigenvalue weighted by atomic mass is 79.9. The first kappa shape index (κ1) is 13.5. The zero-order valence-electron chi connectivity index (χ0n) is 10.3. The molecule has 98 valence electrons. The molecule has 2 aromatic carbocycles. The Labute approximate surface area is 119 Å². The lowest BCUT2D eigenvalue weighted by molar-refractivity contribution is -0.385. The molecule has 0 N–H and O–H groups in total. The SMILES string of the molecule is Cc1ccccc1Oc1ccc(CBr)cc1[N+](=O)[O-]. The molecule has 2 rings (SSSR count). The van der Waals surface area contributed by atoms with E-state index in [1.165, 1.54) is 6.07 Å². The lowest BCUT2D eigenvalue weighted by atomic mass is 10.2. The van der Waals surface area contributed by atoms with Gasteiger partial charge in [0.1, 0.15) is 5.75 Å². The summed E-state index contributed by atoms with van der Waals surface area (Å²) in [6.07, 6.45) is 0. The third-order valence-electron chi connectivity index (χ3n) is 2.69. The Balaban J connectivity index is 2.40. The number of hydrogen-bond acceptors (Lipinski definition) is 3. The van der Waals surface area contributed by atoms with Crippen LogP contribution in [-0.2, 0) is 5.33 Å². The number of nitro groups is 1. The van der Waals surface area contributed by atoms with E-state index in [2.05, 4.69) is 15.9 Å². The molecule has 0 amide bonds. The summed E-state index contributed by atoms with van der Waals surface area (Å²) in [5.74, 6) is 0.876. The van der Waals surface area contributed by atoms with E-state index in [1.807, 2.05) is 25.1 Å². The van der Waals surface area contributed by atoms with Crippen LogP contribution in [0.25, 0.3) is 0 Å². The second-order valence-electron chi connectivity index (χ2n) is 4.06. The fraction of sp³-hybridized carbons (Fsp3) is 0.143. The van der Waals surface area contributed by atoms with Crippen LogP contribution in [0.2, 0.25) is 0 Å². The van der Waals surface area contributed by atoms with Crippen LogP contribution < -0.4 is 4.74 Å². The van der Waals surface area contributed by atoms with E-state index < -0.39 is 4.92 Å². The van der Waals surface area contributed by atoms with Crippen molar-refractivity contribution in [1.29, 1.82) is 0 Å². The number of ether oxygens (including phenoxy) is 1. The number of nitro benzene ring substituents is 1. The molecule has 0 aromatic heterocycles. The minimum Gasteiger partial charge on any atom is -0.450 e. The van der Waals surface area contributed by atoms with Crippen molar-refractivity contribution in [2.45, 2.75) is 12.3 Å². The van der Waals surface area contributed by atoms with Gasteiger partial charge in [-0.15, -0.1) is 0 Å². The zero-order chi connectivity index (χ0) is 13.8. The monoisotopic (exact) mass is 321 g/mol. The van der Waals surface area contributed by atoms with E-state index in [4.69, 9.17) is 4.74 Å². The molecule has 0 fully saturated rings. The molecule has 0 spiro atoms. The van der Waals surface area contributed by atoms with Gasteiger partial charge in [-0.1, -0.05) is 40.2 Å². The van der Waals surface area contributed by atoms with Crippen LogP contribution >= 0.6 is 15.9 Å². The minimum absolute atomic E-state index is 0.0276. The van der Waals surface area contributed by atoms with Gasteiger partial charge in [0, 0.05) is 11.4 Å². The number of para-hydroxylation sites is 1. The molecule has 19 heavy (non-hydrogen) atoms. The number of alkyl halides is 1. The van der Waals surface area contributed by atoms with Gasteiger partial charge >= 0.3 is 5.69 Å². The Morgan fingerprint density at radius 3 is 2.58 bits per heavy atom. The first-order valence-corrected chi connectivity index (χ1v) is 6.80. The van der Waals surface area contributed by atoms with Gasteiger partial charge in [-0.2, -0.15) is 0 Å². The Morgan fingerprint density at radius 1 is 1.21 bits per heavy atom. The smallest absolute Gasteiger partial charge is 0.311 e. The van der Waals surface area contributed by atoms with Crippen LogP contribution in [-0.4, -0.2) is 4.92 Å². The van der Waals surface area contributed by atoms with E-state index >= 15 is 0 Å². The van der Waals surface area contributed by atoms with Crippen LogP contribution in [0.4, 0.5) is 5.69 Å². The first-order valence-electron chi connectivity index (χ1n) is 5.68. The van der Waals surface area contributed by atoms with E-state index in [0.29, 0.717) is 11.1 Å². The molecule has 0 radical (unpaired) electrons. The van der Waals surface area contributed by atoms with Gasteiger partial charge in [-0.3, -0.25) is 10.1 Å². The highest BCUT2D eigenvalue weighted by Gasteiger charge is 2.17. The molecule has 0 bridgehead atoms. The summed E-state index contributed by atoms with van der Waals surface area (Å²) in [5.41, 5.74) is 1.74. The minimum atomic E-state index is -0.431. The summed E-state index contributed by atoms with van der Waals surface area (Å²) in [6, 6.07) is 12.4. The number of hydrogen-bond donors (Lipinski definition) is 0. The molecule has 2 aromatic rings. The maximum atomic E-state index is 11.1. The zero-order valence-corrected chi connectivity index (χ0v) is 11.9. The van der Waals surface area contributed by atoms with Gasteiger partial charge < -0.3 is 4.74 Å². The Hall–Kier alpha value is -1.88. The van der Waals surface area contributed by atoms with Crippen molar-refractivity contribution in [3.8, 4) is 11.5 Å². The Morgan fingerprint density at radius 2 is 1.95 bits per heavy atom. The molecule has 0 saturated heterocycles. The average Bonchev–Trinajstić information content (AvgIpc) is 2.41. The molecule has 0 atom stereocenters. The van der Waals surface area contributed by atoms with Crippen LogP contribution in [0, 0.1) is 17.0 Å². The van der Waals surface area contributed by atoms with Gasteiger partial charge in [0.25, 0.3) is 0 Å². The molecule has 0 aliphatic rings. The van der Waals surface area contributed by atoms with Crippen LogP contribution in [0.3, 0.4) is 0 Å². The lowest BCUT2D eigenvalue weighted by Crippen LogP contribution is -1.95. The molecule has 0 aliphatic carbocycles. The molecular weight excluding hydrogens is 310 g/mol. The number of nitrogens with zero attached hydrogens (tertiary/aromatic N) is 1. The highest BCUT2D eigenvalue weighted by molar-refractivity contribution is 9.08. The molecule has 0 aliphatic heterocycles. The van der Waals surface area contributed by atoms with Crippen molar-refractivity contribution < 1.29 is 9.66 Å². The fourth-order valence-corrected chi connectivity index (χ4v) is 2.01.